The van der Waals surface area contributed by atoms with E-state index in [0.29, 0.717) is 12.1 Å². The fraction of sp³-hybridized carbons (Fsp3) is 0.320. The first kappa shape index (κ1) is 19.5. The molecule has 4 rings (SSSR count). The molecule has 1 aromatic heterocycles. The molecule has 0 spiro atoms. The summed E-state index contributed by atoms with van der Waals surface area (Å²) in [5.74, 6) is -0.334. The third-order valence-corrected chi connectivity index (χ3v) is 6.08. The highest BCUT2D eigenvalue weighted by molar-refractivity contribution is 5.86. The Labute approximate surface area is 172 Å². The summed E-state index contributed by atoms with van der Waals surface area (Å²) < 4.78 is 4.65. The first-order valence-corrected chi connectivity index (χ1v) is 10.3. The van der Waals surface area contributed by atoms with Crippen molar-refractivity contribution in [3.8, 4) is 0 Å². The maximum atomic E-state index is 11.3. The van der Waals surface area contributed by atoms with Crippen LogP contribution in [0.25, 0.3) is 17.0 Å². The van der Waals surface area contributed by atoms with Gasteiger partial charge in [-0.2, -0.15) is 0 Å². The Kier molecular flexibility index (Phi) is 5.81. The summed E-state index contributed by atoms with van der Waals surface area (Å²) in [6, 6.07) is 17.9. The Morgan fingerprint density at radius 3 is 2.83 bits per heavy atom. The molecule has 3 aromatic rings. The van der Waals surface area contributed by atoms with Gasteiger partial charge in [-0.25, -0.2) is 4.79 Å². The van der Waals surface area contributed by atoms with E-state index < -0.39 is 0 Å². The van der Waals surface area contributed by atoms with Crippen LogP contribution in [0.2, 0.25) is 0 Å². The van der Waals surface area contributed by atoms with Crippen LogP contribution >= 0.6 is 0 Å². The number of hydrogen-bond donors (Lipinski definition) is 1. The van der Waals surface area contributed by atoms with Gasteiger partial charge in [0.1, 0.15) is 0 Å². The number of carbonyl (C=O) groups excluding carboxylic acids is 1. The van der Waals surface area contributed by atoms with Crippen molar-refractivity contribution >= 4 is 22.9 Å². The zero-order valence-corrected chi connectivity index (χ0v) is 17.1. The van der Waals surface area contributed by atoms with Crippen LogP contribution in [0.3, 0.4) is 0 Å². The highest BCUT2D eigenvalue weighted by Gasteiger charge is 2.29. The van der Waals surface area contributed by atoms with E-state index in [0.717, 1.165) is 18.5 Å². The topological polar surface area (TPSA) is 45.3 Å². The number of H-pyrrole nitrogens is 1. The molecule has 0 aliphatic carbocycles. The summed E-state index contributed by atoms with van der Waals surface area (Å²) in [5, 5.41) is 1.34. The molecular weight excluding hydrogens is 360 g/mol. The molecule has 4 nitrogen and oxygen atoms in total. The lowest BCUT2D eigenvalue weighted by molar-refractivity contribution is -0.134. The standard InChI is InChI=1S/C25H28N2O2/c1-18(20-12-9-19(10-13-20)11-14-25(28)29-2)27-15-5-6-22(27)16-21-17-26-24-8-4-3-7-23(21)24/h3-4,7-14,17-18,22,26H,5-6,15-16H2,1-2H3/t18-,22-/m1/s1. The van der Waals surface area contributed by atoms with Gasteiger partial charge in [-0.3, -0.25) is 4.90 Å². The molecule has 0 radical (unpaired) electrons. The van der Waals surface area contributed by atoms with Gasteiger partial charge in [0.2, 0.25) is 0 Å². The van der Waals surface area contributed by atoms with Crippen LogP contribution in [-0.2, 0) is 16.0 Å². The minimum absolute atomic E-state index is 0.334. The predicted molar refractivity (Wildman–Crippen MR) is 118 cm³/mol. The van der Waals surface area contributed by atoms with Gasteiger partial charge in [0.05, 0.1) is 7.11 Å². The molecule has 2 aromatic carbocycles. The van der Waals surface area contributed by atoms with E-state index in [1.807, 2.05) is 0 Å². The van der Waals surface area contributed by atoms with Gasteiger partial charge in [-0.1, -0.05) is 42.5 Å². The molecule has 0 bridgehead atoms. The summed E-state index contributed by atoms with van der Waals surface area (Å²) in [4.78, 5) is 17.3. The van der Waals surface area contributed by atoms with Gasteiger partial charge >= 0.3 is 5.97 Å². The molecule has 1 saturated heterocycles. The van der Waals surface area contributed by atoms with Crippen molar-refractivity contribution in [2.24, 2.45) is 0 Å². The Morgan fingerprint density at radius 2 is 2.03 bits per heavy atom. The molecule has 2 heterocycles. The van der Waals surface area contributed by atoms with Crippen molar-refractivity contribution in [2.75, 3.05) is 13.7 Å². The van der Waals surface area contributed by atoms with Gasteiger partial charge in [-0.15, -0.1) is 0 Å². The maximum Gasteiger partial charge on any atom is 0.330 e. The molecule has 0 amide bonds. The van der Waals surface area contributed by atoms with E-state index in [-0.39, 0.29) is 5.97 Å². The molecule has 1 fully saturated rings. The van der Waals surface area contributed by atoms with Crippen LogP contribution in [0.4, 0.5) is 0 Å². The minimum atomic E-state index is -0.334. The summed E-state index contributed by atoms with van der Waals surface area (Å²) in [6.45, 7) is 3.44. The number of rotatable bonds is 6. The highest BCUT2D eigenvalue weighted by Crippen LogP contribution is 2.32. The number of hydrogen-bond acceptors (Lipinski definition) is 3. The fourth-order valence-electron chi connectivity index (χ4n) is 4.45. The van der Waals surface area contributed by atoms with Crippen molar-refractivity contribution in [1.29, 1.82) is 0 Å². The van der Waals surface area contributed by atoms with E-state index in [1.165, 1.54) is 48.1 Å². The van der Waals surface area contributed by atoms with Crippen molar-refractivity contribution in [3.63, 3.8) is 0 Å². The average Bonchev–Trinajstić information content (AvgIpc) is 3.39. The van der Waals surface area contributed by atoms with Gasteiger partial charge in [-0.05, 0) is 61.6 Å². The van der Waals surface area contributed by atoms with Crippen LogP contribution in [-0.4, -0.2) is 35.5 Å². The number of aromatic nitrogens is 1. The molecule has 2 atom stereocenters. The molecule has 1 N–H and O–H groups in total. The fourth-order valence-corrected chi connectivity index (χ4v) is 4.45. The molecule has 4 heteroatoms. The van der Waals surface area contributed by atoms with Crippen LogP contribution in [0.5, 0.6) is 0 Å². The third kappa shape index (κ3) is 4.28. The Bertz CT molecular complexity index is 1000. The summed E-state index contributed by atoms with van der Waals surface area (Å²) in [5.41, 5.74) is 4.94. The molecular formula is C25H28N2O2. The third-order valence-electron chi connectivity index (χ3n) is 6.08. The Hall–Kier alpha value is -2.85. The van der Waals surface area contributed by atoms with Gasteiger partial charge in [0.25, 0.3) is 0 Å². The zero-order valence-electron chi connectivity index (χ0n) is 17.1. The van der Waals surface area contributed by atoms with Gasteiger partial charge in [0, 0.05) is 35.3 Å². The predicted octanol–water partition coefficient (Wildman–Crippen LogP) is 5.12. The van der Waals surface area contributed by atoms with E-state index in [9.17, 15) is 4.79 Å². The van der Waals surface area contributed by atoms with Gasteiger partial charge in [0.15, 0.2) is 0 Å². The first-order chi connectivity index (χ1) is 14.2. The number of para-hydroxylation sites is 1. The highest BCUT2D eigenvalue weighted by atomic mass is 16.5. The van der Waals surface area contributed by atoms with Crippen molar-refractivity contribution in [3.05, 3.63) is 77.5 Å². The number of ether oxygens (including phenoxy) is 1. The van der Waals surface area contributed by atoms with E-state index >= 15 is 0 Å². The van der Waals surface area contributed by atoms with Crippen LogP contribution < -0.4 is 0 Å². The zero-order chi connectivity index (χ0) is 20.2. The molecule has 29 heavy (non-hydrogen) atoms. The summed E-state index contributed by atoms with van der Waals surface area (Å²) in [7, 11) is 1.39. The largest absolute Gasteiger partial charge is 0.466 e. The number of methoxy groups -OCH3 is 1. The lowest BCUT2D eigenvalue weighted by atomic mass is 10.00. The second kappa shape index (κ2) is 8.66. The van der Waals surface area contributed by atoms with E-state index in [2.05, 4.69) is 76.3 Å². The minimum Gasteiger partial charge on any atom is -0.466 e. The number of carbonyl (C=O) groups is 1. The molecule has 1 aliphatic heterocycles. The maximum absolute atomic E-state index is 11.3. The molecule has 1 aliphatic rings. The number of fused-ring (bicyclic) bond motifs is 1. The quantitative estimate of drug-likeness (QED) is 0.471. The normalized spacial score (nSPS) is 18.5. The lowest BCUT2D eigenvalue weighted by Crippen LogP contribution is -2.33. The number of aromatic amines is 1. The number of nitrogens with zero attached hydrogens (tertiary/aromatic N) is 1. The summed E-state index contributed by atoms with van der Waals surface area (Å²) in [6.07, 6.45) is 8.98. The number of esters is 1. The Balaban J connectivity index is 1.47. The smallest absolute Gasteiger partial charge is 0.330 e. The van der Waals surface area contributed by atoms with E-state index in [1.54, 1.807) is 6.08 Å². The van der Waals surface area contributed by atoms with E-state index in [4.69, 9.17) is 0 Å². The average molecular weight is 389 g/mol. The SMILES string of the molecule is COC(=O)C=Cc1ccc([C@@H](C)N2CCC[C@@H]2Cc2c[nH]c3ccccc23)cc1. The van der Waals surface area contributed by atoms with Crippen LogP contribution in [0.1, 0.15) is 42.5 Å². The lowest BCUT2D eigenvalue weighted by Gasteiger charge is -2.31. The second-order valence-electron chi connectivity index (χ2n) is 7.80. The first-order valence-electron chi connectivity index (χ1n) is 10.3. The number of likely N-dealkylation sites (tertiary alicyclic amines) is 1. The monoisotopic (exact) mass is 388 g/mol. The Morgan fingerprint density at radius 1 is 1.24 bits per heavy atom. The summed E-state index contributed by atoms with van der Waals surface area (Å²) >= 11 is 0. The van der Waals surface area contributed by atoms with Crippen LogP contribution in [0, 0.1) is 0 Å². The second-order valence-corrected chi connectivity index (χ2v) is 7.80. The van der Waals surface area contributed by atoms with Crippen molar-refractivity contribution in [1.82, 2.24) is 9.88 Å². The van der Waals surface area contributed by atoms with Crippen molar-refractivity contribution < 1.29 is 9.53 Å². The number of nitrogens with one attached hydrogen (secondary N) is 1. The van der Waals surface area contributed by atoms with Crippen LogP contribution in [0.15, 0.2) is 60.8 Å². The van der Waals surface area contributed by atoms with Gasteiger partial charge < -0.3 is 9.72 Å². The molecule has 0 unspecified atom stereocenters. The van der Waals surface area contributed by atoms with Crippen molar-refractivity contribution in [2.45, 2.75) is 38.3 Å². The number of benzene rings is 2. The molecule has 0 saturated carbocycles. The molecule has 150 valence electrons.